The minimum atomic E-state index is -4.46. The van der Waals surface area contributed by atoms with Gasteiger partial charge in [0.2, 0.25) is 0 Å². The average molecular weight is 939 g/mol. The van der Waals surface area contributed by atoms with E-state index in [0.29, 0.717) is 7.25 Å². The predicted octanol–water partition coefficient (Wildman–Crippen LogP) is 17.6. The molecule has 0 heterocycles. The van der Waals surface area contributed by atoms with Crippen LogP contribution in [-0.4, -0.2) is 6.88 Å². The van der Waals surface area contributed by atoms with Crippen molar-refractivity contribution < 1.29 is 17.4 Å². The van der Waals surface area contributed by atoms with Crippen LogP contribution in [0.25, 0.3) is 55.7 Å². The summed E-state index contributed by atoms with van der Waals surface area (Å²) in [5, 5.41) is 0. The Labute approximate surface area is 390 Å². The van der Waals surface area contributed by atoms with Gasteiger partial charge in [-0.15, -0.1) is 0 Å². The van der Waals surface area contributed by atoms with Crippen molar-refractivity contribution in [2.24, 2.45) is 10.8 Å². The molecule has 0 aliphatic heterocycles. The van der Waals surface area contributed by atoms with Gasteiger partial charge in [0.05, 0.1) is 0 Å². The van der Waals surface area contributed by atoms with Gasteiger partial charge in [0.1, 0.15) is 0 Å². The summed E-state index contributed by atoms with van der Waals surface area (Å²) in [5.41, 5.74) is 33.9. The summed E-state index contributed by atoms with van der Waals surface area (Å²) in [6, 6.07) is 38.8. The standard InChI is InChI=1S/2C30H33.2CH3.H2Si.Zr/c2*1-18-11-19(2)14-23(13-18)25-9-10-26(24-15-20(3)12-21(4)16-24)29-22(5)28(17-27(25)29)30(6,7)8;;;;/h2*9-17H,1-8H3;2*1H3;1H2;. The normalized spacial score (nSPS) is 16.8. The van der Waals surface area contributed by atoms with Crippen molar-refractivity contribution in [2.75, 3.05) is 0 Å². The summed E-state index contributed by atoms with van der Waals surface area (Å²) in [6.45, 7) is 40.7. The number of rotatable bonds is 6. The number of hydrogen-bond acceptors (Lipinski definition) is 0. The molecular formula is C62H74SiZr. The monoisotopic (exact) mass is 936 g/mol. The Balaban J connectivity index is 1.56. The zero-order valence-electron chi connectivity index (χ0n) is 42.6. The van der Waals surface area contributed by atoms with Crippen LogP contribution < -0.4 is 0 Å². The molecule has 0 N–H and O–H groups in total. The van der Waals surface area contributed by atoms with Gasteiger partial charge >= 0.3 is 393 Å². The van der Waals surface area contributed by atoms with Gasteiger partial charge in [-0.2, -0.15) is 0 Å². The molecule has 2 unspecified atom stereocenters. The van der Waals surface area contributed by atoms with Crippen LogP contribution in [0.3, 0.4) is 0 Å². The third-order valence-corrected chi connectivity index (χ3v) is 31.8. The quantitative estimate of drug-likeness (QED) is 0.146. The van der Waals surface area contributed by atoms with E-state index in [4.69, 9.17) is 0 Å². The topological polar surface area (TPSA) is 0 Å². The molecule has 0 fully saturated rings. The molecule has 330 valence electrons. The first-order valence-corrected chi connectivity index (χ1v) is 37.5. The van der Waals surface area contributed by atoms with Gasteiger partial charge < -0.3 is 0 Å². The fraction of sp³-hybridized carbons (Fsp3) is 0.355. The average Bonchev–Trinajstić information content (AvgIpc) is 3.66. The first-order valence-electron chi connectivity index (χ1n) is 23.8. The van der Waals surface area contributed by atoms with Crippen LogP contribution in [0.1, 0.15) is 129 Å². The Hall–Kier alpha value is -4.10. The fourth-order valence-electron chi connectivity index (χ4n) is 13.2. The van der Waals surface area contributed by atoms with Crippen molar-refractivity contribution in [2.45, 2.75) is 127 Å². The zero-order valence-corrected chi connectivity index (χ0v) is 46.5. The van der Waals surface area contributed by atoms with Gasteiger partial charge in [-0.05, 0) is 0 Å². The summed E-state index contributed by atoms with van der Waals surface area (Å²) in [7, 11) is 0. The van der Waals surface area contributed by atoms with E-state index in [2.05, 4.69) is 224 Å². The van der Waals surface area contributed by atoms with Crippen molar-refractivity contribution in [3.63, 3.8) is 0 Å². The van der Waals surface area contributed by atoms with E-state index >= 15 is 0 Å². The molecule has 0 saturated heterocycles. The van der Waals surface area contributed by atoms with Crippen LogP contribution in [-0.2, 0) is 17.4 Å². The molecule has 64 heavy (non-hydrogen) atoms. The zero-order chi connectivity index (χ0) is 46.8. The summed E-state index contributed by atoms with van der Waals surface area (Å²) in [4.78, 5) is 0. The van der Waals surface area contributed by atoms with Gasteiger partial charge in [0, 0.05) is 0 Å². The second-order valence-corrected chi connectivity index (χ2v) is 54.3. The number of aryl methyl sites for hydroxylation is 8. The van der Waals surface area contributed by atoms with E-state index in [9.17, 15) is 0 Å². The van der Waals surface area contributed by atoms with Crippen molar-refractivity contribution in [3.8, 4) is 44.5 Å². The first-order chi connectivity index (χ1) is 29.6. The van der Waals surface area contributed by atoms with E-state index in [-0.39, 0.29) is 10.8 Å². The van der Waals surface area contributed by atoms with E-state index in [1.807, 2.05) is 0 Å². The molecule has 2 atom stereocenters. The van der Waals surface area contributed by atoms with Crippen molar-refractivity contribution >= 4 is 18.0 Å². The van der Waals surface area contributed by atoms with Crippen LogP contribution >= 0.6 is 0 Å². The maximum atomic E-state index is 2.89. The van der Waals surface area contributed by atoms with Crippen molar-refractivity contribution in [1.82, 2.24) is 0 Å². The first kappa shape index (κ1) is 46.4. The number of benzene rings is 6. The molecular weight excluding hydrogens is 864 g/mol. The van der Waals surface area contributed by atoms with Crippen LogP contribution in [0.4, 0.5) is 0 Å². The van der Waals surface area contributed by atoms with E-state index in [1.54, 1.807) is 22.3 Å². The molecule has 2 aliphatic carbocycles. The summed E-state index contributed by atoms with van der Waals surface area (Å²) in [5.74, 6) is 0. The van der Waals surface area contributed by atoms with Crippen molar-refractivity contribution in [1.29, 1.82) is 0 Å². The van der Waals surface area contributed by atoms with Crippen LogP contribution in [0.2, 0.25) is 9.26 Å². The summed E-state index contributed by atoms with van der Waals surface area (Å²) >= 11 is -4.46. The molecule has 0 nitrogen and oxygen atoms in total. The Morgan fingerprint density at radius 3 is 0.812 bits per heavy atom. The molecule has 0 spiro atoms. The number of fused-ring (bicyclic) bond motifs is 2. The Morgan fingerprint density at radius 2 is 0.578 bits per heavy atom. The molecule has 2 heteroatoms. The van der Waals surface area contributed by atoms with Gasteiger partial charge in [-0.1, -0.05) is 0 Å². The van der Waals surface area contributed by atoms with Gasteiger partial charge in [0.25, 0.3) is 0 Å². The molecule has 0 aromatic heterocycles. The third kappa shape index (κ3) is 7.91. The molecule has 8 rings (SSSR count). The van der Waals surface area contributed by atoms with Gasteiger partial charge in [0.15, 0.2) is 0 Å². The Morgan fingerprint density at radius 1 is 0.359 bits per heavy atom. The number of allylic oxidation sites excluding steroid dienone is 4. The second-order valence-electron chi connectivity index (χ2n) is 23.8. The third-order valence-electron chi connectivity index (χ3n) is 14.8. The molecule has 6 aromatic carbocycles. The number of hydrogen-bond donors (Lipinski definition) is 0. The fourth-order valence-corrected chi connectivity index (χ4v) is 32.8. The molecule has 0 bridgehead atoms. The Kier molecular flexibility index (Phi) is 11.4. The second kappa shape index (κ2) is 15.8. The van der Waals surface area contributed by atoms with Gasteiger partial charge in [-0.25, -0.2) is 0 Å². The SMILES string of the molecule is CC1=C(C(C)(C)C)[CH]([Zr]([CH3])([CH3])(=[SiH2])[CH]2C(C(C)(C)C)=C(C)c3c(-c4cc(C)cc(C)c4)ccc(-c4cc(C)cc(C)c4)c32)c2c(-c3cc(C)cc(C)c3)ccc(-c3cc(C)cc(C)c3)c21. The van der Waals surface area contributed by atoms with Gasteiger partial charge in [-0.3, -0.25) is 0 Å². The molecule has 0 radical (unpaired) electrons. The molecule has 0 amide bonds. The minimum absolute atomic E-state index is 0.0610. The summed E-state index contributed by atoms with van der Waals surface area (Å²) in [6.07, 6.45) is 0. The molecule has 0 saturated carbocycles. The predicted molar refractivity (Wildman–Crippen MR) is 282 cm³/mol. The molecule has 2 aliphatic rings. The van der Waals surface area contributed by atoms with Crippen LogP contribution in [0.5, 0.6) is 0 Å². The summed E-state index contributed by atoms with van der Waals surface area (Å²) < 4.78 is 6.38. The molecule has 6 aromatic rings. The van der Waals surface area contributed by atoms with E-state index in [0.717, 1.165) is 0 Å². The van der Waals surface area contributed by atoms with E-state index < -0.39 is 17.4 Å². The van der Waals surface area contributed by atoms with Crippen LogP contribution in [0.15, 0.2) is 108 Å². The van der Waals surface area contributed by atoms with Crippen LogP contribution in [0, 0.1) is 66.2 Å². The Bertz CT molecular complexity index is 2800. The van der Waals surface area contributed by atoms with Crippen molar-refractivity contribution in [3.05, 3.63) is 175 Å². The maximum absolute atomic E-state index is 4.46. The van der Waals surface area contributed by atoms with E-state index in [1.165, 1.54) is 111 Å².